The van der Waals surface area contributed by atoms with E-state index < -0.39 is 29.6 Å². The molecule has 2 saturated heterocycles. The number of hydrogen-bond acceptors (Lipinski definition) is 7. The summed E-state index contributed by atoms with van der Waals surface area (Å²) in [6.45, 7) is 3.83. The molecule has 6 rings (SSSR count). The van der Waals surface area contributed by atoms with Gasteiger partial charge in [-0.2, -0.15) is 0 Å². The SMILES string of the molecule is CC(=O)N(c1cccs1)C1C(=O)N2CC(C(=O)OC(c3ccccc3)c3ccccc3)(C(C)OCc3ccccc3)CS[C@H]12. The third kappa shape index (κ3) is 5.79. The fraction of sp³-hybridized carbons (Fsp3) is 0.286. The van der Waals surface area contributed by atoms with Crippen LogP contribution in [0.5, 0.6) is 0 Å². The third-order valence-corrected chi connectivity index (χ3v) is 10.8. The minimum Gasteiger partial charge on any atom is -0.452 e. The zero-order chi connectivity index (χ0) is 30.7. The predicted molar refractivity (Wildman–Crippen MR) is 173 cm³/mol. The molecule has 226 valence electrons. The highest BCUT2D eigenvalue weighted by atomic mass is 32.2. The fourth-order valence-corrected chi connectivity index (χ4v) is 8.37. The van der Waals surface area contributed by atoms with Crippen molar-refractivity contribution in [3.63, 3.8) is 0 Å². The normalized spacial score (nSPS) is 21.7. The summed E-state index contributed by atoms with van der Waals surface area (Å²) in [5.74, 6) is -0.407. The van der Waals surface area contributed by atoms with Crippen LogP contribution in [0.15, 0.2) is 109 Å². The van der Waals surface area contributed by atoms with E-state index in [2.05, 4.69) is 0 Å². The molecular formula is C35H34N2O5S2. The van der Waals surface area contributed by atoms with E-state index in [4.69, 9.17) is 9.47 Å². The number of fused-ring (bicyclic) bond motifs is 1. The number of thiophene rings is 1. The van der Waals surface area contributed by atoms with Crippen LogP contribution in [0.25, 0.3) is 0 Å². The van der Waals surface area contributed by atoms with E-state index in [0.717, 1.165) is 21.7 Å². The number of nitrogens with zero attached hydrogens (tertiary/aromatic N) is 2. The van der Waals surface area contributed by atoms with E-state index >= 15 is 0 Å². The molecule has 4 atom stereocenters. The van der Waals surface area contributed by atoms with Crippen molar-refractivity contribution in [1.82, 2.24) is 4.90 Å². The molecule has 3 unspecified atom stereocenters. The fourth-order valence-electron chi connectivity index (χ4n) is 5.87. The molecule has 9 heteroatoms. The third-order valence-electron chi connectivity index (χ3n) is 8.40. The summed E-state index contributed by atoms with van der Waals surface area (Å²) in [6.07, 6.45) is -1.19. The lowest BCUT2D eigenvalue weighted by atomic mass is 9.81. The van der Waals surface area contributed by atoms with Gasteiger partial charge >= 0.3 is 5.97 Å². The molecule has 44 heavy (non-hydrogen) atoms. The Labute approximate surface area is 265 Å². The van der Waals surface area contributed by atoms with Crippen molar-refractivity contribution in [2.24, 2.45) is 5.41 Å². The molecule has 0 bridgehead atoms. The van der Waals surface area contributed by atoms with Gasteiger partial charge in [0.25, 0.3) is 0 Å². The number of benzene rings is 3. The van der Waals surface area contributed by atoms with Crippen LogP contribution in [0.4, 0.5) is 5.00 Å². The number of carbonyl (C=O) groups excluding carboxylic acids is 3. The summed E-state index contributed by atoms with van der Waals surface area (Å²) < 4.78 is 12.8. The lowest BCUT2D eigenvalue weighted by molar-refractivity contribution is -0.176. The Morgan fingerprint density at radius 3 is 2.11 bits per heavy atom. The second kappa shape index (κ2) is 13.0. The lowest BCUT2D eigenvalue weighted by Gasteiger charge is -2.57. The minimum atomic E-state index is -1.14. The number of ether oxygens (including phenoxy) is 2. The van der Waals surface area contributed by atoms with Gasteiger partial charge in [0.1, 0.15) is 16.8 Å². The van der Waals surface area contributed by atoms with E-state index in [-0.39, 0.29) is 23.7 Å². The summed E-state index contributed by atoms with van der Waals surface area (Å²) in [7, 11) is 0. The van der Waals surface area contributed by atoms with E-state index in [9.17, 15) is 14.4 Å². The molecule has 7 nitrogen and oxygen atoms in total. The van der Waals surface area contributed by atoms with Crippen molar-refractivity contribution in [1.29, 1.82) is 0 Å². The van der Waals surface area contributed by atoms with E-state index in [1.807, 2.05) is 115 Å². The first-order valence-electron chi connectivity index (χ1n) is 14.6. The monoisotopic (exact) mass is 626 g/mol. The highest BCUT2D eigenvalue weighted by Gasteiger charge is 2.62. The maximum Gasteiger partial charge on any atom is 0.318 e. The summed E-state index contributed by atoms with van der Waals surface area (Å²) in [5, 5.41) is 2.36. The number of rotatable bonds is 10. The van der Waals surface area contributed by atoms with Crippen LogP contribution in [-0.4, -0.2) is 52.5 Å². The van der Waals surface area contributed by atoms with Gasteiger partial charge in [0.05, 0.1) is 17.7 Å². The molecule has 4 aromatic rings. The second-order valence-electron chi connectivity index (χ2n) is 11.2. The summed E-state index contributed by atoms with van der Waals surface area (Å²) >= 11 is 2.93. The quantitative estimate of drug-likeness (QED) is 0.152. The Morgan fingerprint density at radius 2 is 1.55 bits per heavy atom. The Bertz CT molecular complexity index is 1550. The number of anilines is 1. The number of esters is 1. The predicted octanol–water partition coefficient (Wildman–Crippen LogP) is 6.31. The zero-order valence-corrected chi connectivity index (χ0v) is 26.2. The van der Waals surface area contributed by atoms with Crippen LogP contribution >= 0.6 is 23.1 Å². The van der Waals surface area contributed by atoms with Gasteiger partial charge in [-0.05, 0) is 41.1 Å². The number of hydrogen-bond donors (Lipinski definition) is 0. The first-order chi connectivity index (χ1) is 21.4. The van der Waals surface area contributed by atoms with Gasteiger partial charge in [0, 0.05) is 19.2 Å². The van der Waals surface area contributed by atoms with Crippen LogP contribution in [-0.2, 0) is 30.5 Å². The largest absolute Gasteiger partial charge is 0.452 e. The Hall–Kier alpha value is -3.92. The maximum atomic E-state index is 14.5. The van der Waals surface area contributed by atoms with Gasteiger partial charge in [-0.25, -0.2) is 0 Å². The first-order valence-corrected chi connectivity index (χ1v) is 16.5. The van der Waals surface area contributed by atoms with Crippen molar-refractivity contribution in [3.8, 4) is 0 Å². The van der Waals surface area contributed by atoms with Gasteiger partial charge in [-0.3, -0.25) is 19.3 Å². The van der Waals surface area contributed by atoms with Gasteiger partial charge < -0.3 is 14.4 Å². The van der Waals surface area contributed by atoms with Crippen LogP contribution in [0.2, 0.25) is 0 Å². The summed E-state index contributed by atoms with van der Waals surface area (Å²) in [5.41, 5.74) is 1.57. The van der Waals surface area contributed by atoms with E-state index in [1.165, 1.54) is 30.0 Å². The van der Waals surface area contributed by atoms with Crippen molar-refractivity contribution >= 4 is 45.9 Å². The van der Waals surface area contributed by atoms with Crippen LogP contribution in [0, 0.1) is 5.41 Å². The lowest BCUT2D eigenvalue weighted by Crippen LogP contribution is -2.75. The molecule has 0 saturated carbocycles. The molecule has 0 radical (unpaired) electrons. The van der Waals surface area contributed by atoms with Gasteiger partial charge in [0.2, 0.25) is 11.8 Å². The second-order valence-corrected chi connectivity index (χ2v) is 13.2. The van der Waals surface area contributed by atoms with Crippen molar-refractivity contribution in [2.75, 3.05) is 17.2 Å². The molecule has 2 amide bonds. The average molecular weight is 627 g/mol. The van der Waals surface area contributed by atoms with Gasteiger partial charge in [-0.15, -0.1) is 23.1 Å². The minimum absolute atomic E-state index is 0.140. The number of amides is 2. The van der Waals surface area contributed by atoms with Gasteiger partial charge in [0.15, 0.2) is 6.10 Å². The molecule has 3 heterocycles. The van der Waals surface area contributed by atoms with Gasteiger partial charge in [-0.1, -0.05) is 91.0 Å². The molecule has 0 N–H and O–H groups in total. The summed E-state index contributed by atoms with van der Waals surface area (Å²) in [6, 6.07) is 32.3. The number of thioether (sulfide) groups is 1. The topological polar surface area (TPSA) is 76.2 Å². The molecule has 1 aromatic heterocycles. The molecule has 2 aliphatic heterocycles. The number of β-lactam (4-membered cyclic amide) rings is 1. The first kappa shape index (κ1) is 30.1. The molecule has 3 aromatic carbocycles. The van der Waals surface area contributed by atoms with Crippen LogP contribution in [0.1, 0.15) is 36.6 Å². The molecule has 2 aliphatic rings. The van der Waals surface area contributed by atoms with Crippen LogP contribution < -0.4 is 4.90 Å². The van der Waals surface area contributed by atoms with E-state index in [1.54, 1.807) is 9.80 Å². The number of carbonyl (C=O) groups is 3. The van der Waals surface area contributed by atoms with Crippen molar-refractivity contribution in [3.05, 3.63) is 125 Å². The van der Waals surface area contributed by atoms with Crippen molar-refractivity contribution in [2.45, 2.75) is 44.1 Å². The maximum absolute atomic E-state index is 14.5. The Morgan fingerprint density at radius 1 is 0.932 bits per heavy atom. The Kier molecular flexibility index (Phi) is 8.88. The molecule has 2 fully saturated rings. The van der Waals surface area contributed by atoms with Crippen LogP contribution in [0.3, 0.4) is 0 Å². The average Bonchev–Trinajstić information content (AvgIpc) is 3.60. The Balaban J connectivity index is 1.30. The molecular weight excluding hydrogens is 593 g/mol. The molecule has 0 aliphatic carbocycles. The highest BCUT2D eigenvalue weighted by molar-refractivity contribution is 8.00. The zero-order valence-electron chi connectivity index (χ0n) is 24.6. The smallest absolute Gasteiger partial charge is 0.318 e. The van der Waals surface area contributed by atoms with E-state index in [0.29, 0.717) is 12.4 Å². The molecule has 0 spiro atoms. The van der Waals surface area contributed by atoms with Crippen molar-refractivity contribution < 1.29 is 23.9 Å². The standard InChI is InChI=1S/C35H34N2O5S2/c1-24(41-21-26-13-6-3-7-14-26)35(34(40)42-31(27-15-8-4-9-16-27)28-17-10-5-11-18-28)22-36-32(39)30(33(36)44-23-35)37(25(2)38)29-19-12-20-43-29/h3-20,24,30-31,33H,21-23H2,1-2H3/t24?,30?,33-,35?/m1/s1. The summed E-state index contributed by atoms with van der Waals surface area (Å²) in [4.78, 5) is 44.3. The highest BCUT2D eigenvalue weighted by Crippen LogP contribution is 2.48.